The molecule has 0 amide bonds. The predicted molar refractivity (Wildman–Crippen MR) is 59.9 cm³/mol. The number of rotatable bonds is 9. The van der Waals surface area contributed by atoms with E-state index in [4.69, 9.17) is 18.9 Å². The van der Waals surface area contributed by atoms with Crippen LogP contribution in [-0.2, 0) is 18.9 Å². The molecule has 1 N–H and O–H groups in total. The van der Waals surface area contributed by atoms with Gasteiger partial charge in [0.1, 0.15) is 0 Å². The summed E-state index contributed by atoms with van der Waals surface area (Å²) in [5.41, 5.74) is 0. The molecule has 0 aromatic heterocycles. The van der Waals surface area contributed by atoms with Crippen molar-refractivity contribution in [1.29, 1.82) is 0 Å². The van der Waals surface area contributed by atoms with Crippen molar-refractivity contribution < 1.29 is 24.1 Å². The molecule has 1 atom stereocenters. The van der Waals surface area contributed by atoms with Gasteiger partial charge in [-0.1, -0.05) is 0 Å². The van der Waals surface area contributed by atoms with Gasteiger partial charge >= 0.3 is 5.97 Å². The van der Waals surface area contributed by atoms with Crippen molar-refractivity contribution >= 4 is 0 Å². The van der Waals surface area contributed by atoms with Crippen molar-refractivity contribution in [3.8, 4) is 0 Å². The highest BCUT2D eigenvalue weighted by Gasteiger charge is 2.52. The number of hydrogen-bond acceptors (Lipinski definition) is 5. The molecular formula is C11H24O5. The molecule has 0 heterocycles. The van der Waals surface area contributed by atoms with Gasteiger partial charge in [-0.15, -0.1) is 0 Å². The van der Waals surface area contributed by atoms with E-state index in [1.54, 1.807) is 27.7 Å². The minimum absolute atomic E-state index is 0.335. The van der Waals surface area contributed by atoms with Crippen LogP contribution in [0.2, 0.25) is 0 Å². The third kappa shape index (κ3) is 3.68. The fourth-order valence-electron chi connectivity index (χ4n) is 1.47. The van der Waals surface area contributed by atoms with Crippen molar-refractivity contribution in [2.45, 2.75) is 46.4 Å². The average molecular weight is 236 g/mol. The van der Waals surface area contributed by atoms with Gasteiger partial charge in [0.15, 0.2) is 0 Å². The lowest BCUT2D eigenvalue weighted by Gasteiger charge is -2.41. The first-order valence-corrected chi connectivity index (χ1v) is 5.77. The highest BCUT2D eigenvalue weighted by atomic mass is 16.9. The Labute approximate surface area is 97.6 Å². The summed E-state index contributed by atoms with van der Waals surface area (Å²) in [6.07, 6.45) is 0. The summed E-state index contributed by atoms with van der Waals surface area (Å²) in [6, 6.07) is 0. The van der Waals surface area contributed by atoms with Crippen LogP contribution >= 0.6 is 0 Å². The zero-order valence-corrected chi connectivity index (χ0v) is 10.9. The Morgan fingerprint density at radius 1 is 0.750 bits per heavy atom. The highest BCUT2D eigenvalue weighted by Crippen LogP contribution is 2.30. The number of aliphatic hydroxyl groups is 1. The summed E-state index contributed by atoms with van der Waals surface area (Å²) in [7, 11) is 0. The van der Waals surface area contributed by atoms with Crippen molar-refractivity contribution in [3.05, 3.63) is 0 Å². The van der Waals surface area contributed by atoms with Crippen LogP contribution in [0.4, 0.5) is 0 Å². The smallest absolute Gasteiger partial charge is 0.340 e. The van der Waals surface area contributed by atoms with Gasteiger partial charge in [0.05, 0.1) is 0 Å². The summed E-state index contributed by atoms with van der Waals surface area (Å²) in [5, 5.41) is 10.2. The van der Waals surface area contributed by atoms with Crippen LogP contribution < -0.4 is 0 Å². The van der Waals surface area contributed by atoms with Crippen molar-refractivity contribution in [2.75, 3.05) is 26.4 Å². The van der Waals surface area contributed by atoms with Crippen LogP contribution in [0.25, 0.3) is 0 Å². The number of ether oxygens (including phenoxy) is 4. The van der Waals surface area contributed by atoms with Gasteiger partial charge in [-0.3, -0.25) is 0 Å². The molecule has 0 aromatic rings. The second-order valence-corrected chi connectivity index (χ2v) is 3.27. The van der Waals surface area contributed by atoms with E-state index in [2.05, 4.69) is 0 Å². The van der Waals surface area contributed by atoms with Crippen LogP contribution in [0, 0.1) is 0 Å². The molecule has 0 fully saturated rings. The Kier molecular flexibility index (Phi) is 7.10. The average Bonchev–Trinajstić information content (AvgIpc) is 2.18. The normalized spacial score (nSPS) is 16.1. The quantitative estimate of drug-likeness (QED) is 0.615. The molecular weight excluding hydrogens is 212 g/mol. The molecule has 0 radical (unpaired) electrons. The van der Waals surface area contributed by atoms with Crippen LogP contribution in [-0.4, -0.2) is 43.3 Å². The first kappa shape index (κ1) is 15.8. The Balaban J connectivity index is 4.96. The maximum absolute atomic E-state index is 10.2. The van der Waals surface area contributed by atoms with E-state index >= 15 is 0 Å². The molecule has 0 rings (SSSR count). The summed E-state index contributed by atoms with van der Waals surface area (Å²) < 4.78 is 21.5. The Morgan fingerprint density at radius 2 is 1.06 bits per heavy atom. The van der Waals surface area contributed by atoms with Crippen LogP contribution in [0.3, 0.4) is 0 Å². The maximum atomic E-state index is 10.2. The lowest BCUT2D eigenvalue weighted by atomic mass is 10.2. The van der Waals surface area contributed by atoms with Crippen LogP contribution in [0.5, 0.6) is 0 Å². The molecule has 5 nitrogen and oxygen atoms in total. The number of hydrogen-bond donors (Lipinski definition) is 1. The van der Waals surface area contributed by atoms with Gasteiger partial charge in [0.25, 0.3) is 0 Å². The van der Waals surface area contributed by atoms with Crippen molar-refractivity contribution in [2.24, 2.45) is 0 Å². The molecule has 16 heavy (non-hydrogen) atoms. The van der Waals surface area contributed by atoms with Gasteiger partial charge in [-0.05, 0) is 34.6 Å². The molecule has 5 heteroatoms. The summed E-state index contributed by atoms with van der Waals surface area (Å²) in [4.78, 5) is 0. The Hall–Kier alpha value is -0.200. The van der Waals surface area contributed by atoms with E-state index < -0.39 is 11.8 Å². The van der Waals surface area contributed by atoms with Crippen molar-refractivity contribution in [1.82, 2.24) is 0 Å². The monoisotopic (exact) mass is 236 g/mol. The largest absolute Gasteiger partial charge is 0.359 e. The van der Waals surface area contributed by atoms with Gasteiger partial charge in [0, 0.05) is 26.4 Å². The van der Waals surface area contributed by atoms with E-state index in [0.29, 0.717) is 26.4 Å². The van der Waals surface area contributed by atoms with Gasteiger partial charge in [-0.2, -0.15) is 0 Å². The molecule has 0 aliphatic rings. The molecule has 0 saturated carbocycles. The summed E-state index contributed by atoms with van der Waals surface area (Å²) in [6.45, 7) is 10.0. The minimum Gasteiger partial charge on any atom is -0.359 e. The lowest BCUT2D eigenvalue weighted by Crippen LogP contribution is -2.59. The summed E-state index contributed by atoms with van der Waals surface area (Å²) >= 11 is 0. The first-order chi connectivity index (χ1) is 7.49. The van der Waals surface area contributed by atoms with Crippen LogP contribution in [0.1, 0.15) is 34.6 Å². The Bertz CT molecular complexity index is 164. The van der Waals surface area contributed by atoms with E-state index in [1.807, 2.05) is 0 Å². The second-order valence-electron chi connectivity index (χ2n) is 3.27. The zero-order valence-electron chi connectivity index (χ0n) is 10.9. The van der Waals surface area contributed by atoms with Crippen molar-refractivity contribution in [3.63, 3.8) is 0 Å². The van der Waals surface area contributed by atoms with Crippen LogP contribution in [0.15, 0.2) is 0 Å². The van der Waals surface area contributed by atoms with E-state index in [0.717, 1.165) is 0 Å². The molecule has 0 aromatic carbocycles. The van der Waals surface area contributed by atoms with E-state index in [-0.39, 0.29) is 0 Å². The second kappa shape index (κ2) is 7.19. The molecule has 98 valence electrons. The van der Waals surface area contributed by atoms with E-state index in [9.17, 15) is 5.11 Å². The minimum atomic E-state index is -1.65. The summed E-state index contributed by atoms with van der Waals surface area (Å²) in [5.74, 6) is -3.22. The molecule has 0 bridgehead atoms. The maximum Gasteiger partial charge on any atom is 0.340 e. The third-order valence-corrected chi connectivity index (χ3v) is 2.00. The highest BCUT2D eigenvalue weighted by molar-refractivity contribution is 4.75. The van der Waals surface area contributed by atoms with Gasteiger partial charge in [-0.25, -0.2) is 0 Å². The molecule has 1 unspecified atom stereocenters. The van der Waals surface area contributed by atoms with E-state index in [1.165, 1.54) is 6.92 Å². The van der Waals surface area contributed by atoms with Gasteiger partial charge < -0.3 is 24.1 Å². The fraction of sp³-hybridized carbons (Fsp3) is 1.00. The first-order valence-electron chi connectivity index (χ1n) is 5.77. The third-order valence-electron chi connectivity index (χ3n) is 2.00. The topological polar surface area (TPSA) is 57.2 Å². The predicted octanol–water partition coefficient (Wildman–Crippen LogP) is 1.49. The standard InChI is InChI=1S/C11H24O5/c1-6-13-10(5,12)11(14-7-2,15-8-3)16-9-4/h12H,6-9H2,1-5H3. The lowest BCUT2D eigenvalue weighted by molar-refractivity contribution is -0.484. The SMILES string of the molecule is CCOC(C)(O)C(OCC)(OCC)OCC. The fourth-order valence-corrected chi connectivity index (χ4v) is 1.47. The molecule has 0 spiro atoms. The molecule has 0 aliphatic carbocycles. The molecule has 0 aliphatic heterocycles. The zero-order chi connectivity index (χ0) is 12.7. The van der Waals surface area contributed by atoms with Gasteiger partial charge in [0.2, 0.25) is 5.79 Å². The Morgan fingerprint density at radius 3 is 1.31 bits per heavy atom. The molecule has 0 saturated heterocycles.